The van der Waals surface area contributed by atoms with Crippen LogP contribution in [-0.4, -0.2) is 31.4 Å². The average Bonchev–Trinajstić information content (AvgIpc) is 2.99. The normalized spacial score (nSPS) is 13.9. The van der Waals surface area contributed by atoms with Crippen LogP contribution in [0, 0.1) is 0 Å². The van der Waals surface area contributed by atoms with Gasteiger partial charge < -0.3 is 5.11 Å². The summed E-state index contributed by atoms with van der Waals surface area (Å²) in [6.07, 6.45) is -0.824. The maximum Gasteiger partial charge on any atom is 0.252 e. The fourth-order valence-electron chi connectivity index (χ4n) is 1.50. The van der Waals surface area contributed by atoms with E-state index in [1.807, 2.05) is 11.4 Å². The smallest absolute Gasteiger partial charge is 0.252 e. The van der Waals surface area contributed by atoms with Crippen molar-refractivity contribution in [2.75, 3.05) is 13.6 Å². The van der Waals surface area contributed by atoms with E-state index in [4.69, 9.17) is 11.6 Å². The minimum absolute atomic E-state index is 0.0123. The Balaban J connectivity index is 2.13. The van der Waals surface area contributed by atoms with E-state index in [0.717, 1.165) is 20.5 Å². The van der Waals surface area contributed by atoms with Gasteiger partial charge >= 0.3 is 0 Å². The summed E-state index contributed by atoms with van der Waals surface area (Å²) in [6, 6.07) is 6.60. The summed E-state index contributed by atoms with van der Waals surface area (Å²) in [5.41, 5.74) is 0. The second kappa shape index (κ2) is 5.90. The van der Waals surface area contributed by atoms with Crippen molar-refractivity contribution in [3.8, 4) is 0 Å². The molecule has 0 amide bonds. The zero-order chi connectivity index (χ0) is 14.0. The molecule has 2 aromatic heterocycles. The van der Waals surface area contributed by atoms with E-state index < -0.39 is 16.1 Å². The molecule has 0 spiro atoms. The van der Waals surface area contributed by atoms with Crippen LogP contribution in [0.15, 0.2) is 33.9 Å². The molecular formula is C11H12ClNO3S3. The number of sulfonamides is 1. The number of aliphatic hydroxyl groups is 1. The highest BCUT2D eigenvalue weighted by molar-refractivity contribution is 7.91. The molecule has 2 heterocycles. The Morgan fingerprint density at radius 1 is 1.42 bits per heavy atom. The first-order chi connectivity index (χ1) is 8.91. The highest BCUT2D eigenvalue weighted by atomic mass is 35.5. The van der Waals surface area contributed by atoms with Gasteiger partial charge in [-0.2, -0.15) is 4.31 Å². The number of hydrogen-bond donors (Lipinski definition) is 1. The minimum atomic E-state index is -3.59. The quantitative estimate of drug-likeness (QED) is 0.912. The van der Waals surface area contributed by atoms with Crippen molar-refractivity contribution in [1.82, 2.24) is 4.31 Å². The van der Waals surface area contributed by atoms with Gasteiger partial charge in [-0.05, 0) is 23.6 Å². The first kappa shape index (κ1) is 15.0. The van der Waals surface area contributed by atoms with Crippen molar-refractivity contribution in [1.29, 1.82) is 0 Å². The summed E-state index contributed by atoms with van der Waals surface area (Å²) in [6.45, 7) is 0.0123. The number of nitrogens with zero attached hydrogens (tertiary/aromatic N) is 1. The molecule has 19 heavy (non-hydrogen) atoms. The molecule has 2 rings (SSSR count). The predicted octanol–water partition coefficient (Wildman–Crippen LogP) is 2.82. The van der Waals surface area contributed by atoms with Crippen molar-refractivity contribution in [2.24, 2.45) is 0 Å². The Labute approximate surface area is 124 Å². The number of likely N-dealkylation sites (N-methyl/N-ethyl adjacent to an activating group) is 1. The van der Waals surface area contributed by atoms with E-state index in [0.29, 0.717) is 4.34 Å². The van der Waals surface area contributed by atoms with Gasteiger partial charge in [-0.3, -0.25) is 0 Å². The van der Waals surface area contributed by atoms with Crippen molar-refractivity contribution in [3.05, 3.63) is 38.9 Å². The first-order valence-electron chi connectivity index (χ1n) is 5.34. The number of hydrogen-bond acceptors (Lipinski definition) is 5. The lowest BCUT2D eigenvalue weighted by molar-refractivity contribution is 0.158. The summed E-state index contributed by atoms with van der Waals surface area (Å²) in [4.78, 5) is 0.742. The summed E-state index contributed by atoms with van der Waals surface area (Å²) in [5.74, 6) is 0. The zero-order valence-electron chi connectivity index (χ0n) is 9.98. The summed E-state index contributed by atoms with van der Waals surface area (Å²) in [5, 5.41) is 11.8. The predicted molar refractivity (Wildman–Crippen MR) is 78.4 cm³/mol. The van der Waals surface area contributed by atoms with E-state index >= 15 is 0 Å². The summed E-state index contributed by atoms with van der Waals surface area (Å²) >= 11 is 8.14. The Morgan fingerprint density at radius 2 is 2.16 bits per heavy atom. The van der Waals surface area contributed by atoms with Crippen molar-refractivity contribution in [3.63, 3.8) is 0 Å². The highest BCUT2D eigenvalue weighted by Crippen LogP contribution is 2.29. The SMILES string of the molecule is CN(CC(O)c1cccs1)S(=O)(=O)c1ccc(Cl)s1. The van der Waals surface area contributed by atoms with Gasteiger partial charge in [-0.25, -0.2) is 8.42 Å². The fraction of sp³-hybridized carbons (Fsp3) is 0.273. The molecule has 1 N–H and O–H groups in total. The number of aliphatic hydroxyl groups excluding tert-OH is 1. The number of thiophene rings is 2. The topological polar surface area (TPSA) is 57.6 Å². The van der Waals surface area contributed by atoms with E-state index in [1.165, 1.54) is 24.5 Å². The van der Waals surface area contributed by atoms with Gasteiger partial charge in [-0.1, -0.05) is 17.7 Å². The molecule has 0 saturated heterocycles. The lowest BCUT2D eigenvalue weighted by Gasteiger charge is -2.19. The second-order valence-electron chi connectivity index (χ2n) is 3.88. The molecule has 1 atom stereocenters. The summed E-state index contributed by atoms with van der Waals surface area (Å²) < 4.78 is 26.2. The van der Waals surface area contributed by atoms with Crippen LogP contribution in [0.5, 0.6) is 0 Å². The molecule has 0 aromatic carbocycles. The Morgan fingerprint density at radius 3 is 2.68 bits per heavy atom. The van der Waals surface area contributed by atoms with E-state index in [2.05, 4.69) is 0 Å². The molecule has 0 bridgehead atoms. The molecule has 0 fully saturated rings. The number of halogens is 1. The Hall–Kier alpha value is -0.440. The standard InChI is InChI=1S/C11H12ClNO3S3/c1-13(7-8(14)9-3-2-6-17-9)19(15,16)11-5-4-10(12)18-11/h2-6,8,14H,7H2,1H3. The molecule has 4 nitrogen and oxygen atoms in total. The van der Waals surface area contributed by atoms with Crippen LogP contribution in [0.2, 0.25) is 4.34 Å². The van der Waals surface area contributed by atoms with E-state index in [9.17, 15) is 13.5 Å². The van der Waals surface area contributed by atoms with Gasteiger partial charge in [0, 0.05) is 18.5 Å². The largest absolute Gasteiger partial charge is 0.386 e. The van der Waals surface area contributed by atoms with Gasteiger partial charge in [0.1, 0.15) is 10.3 Å². The third kappa shape index (κ3) is 3.36. The van der Waals surface area contributed by atoms with Crippen LogP contribution in [0.4, 0.5) is 0 Å². The van der Waals surface area contributed by atoms with Gasteiger partial charge in [0.05, 0.1) is 4.34 Å². The van der Waals surface area contributed by atoms with Crippen LogP contribution in [-0.2, 0) is 10.0 Å². The Bertz CT molecular complexity index is 636. The molecular weight excluding hydrogens is 326 g/mol. The average molecular weight is 338 g/mol. The molecule has 8 heteroatoms. The van der Waals surface area contributed by atoms with Crippen LogP contribution < -0.4 is 0 Å². The van der Waals surface area contributed by atoms with Crippen molar-refractivity contribution in [2.45, 2.75) is 10.3 Å². The summed E-state index contributed by atoms with van der Waals surface area (Å²) in [7, 11) is -2.15. The minimum Gasteiger partial charge on any atom is -0.386 e. The van der Waals surface area contributed by atoms with E-state index in [-0.39, 0.29) is 10.8 Å². The number of rotatable bonds is 5. The lowest BCUT2D eigenvalue weighted by atomic mass is 10.3. The van der Waals surface area contributed by atoms with E-state index in [1.54, 1.807) is 12.1 Å². The van der Waals surface area contributed by atoms with Gasteiger partial charge in [0.25, 0.3) is 10.0 Å². The molecule has 0 saturated carbocycles. The maximum absolute atomic E-state index is 12.2. The molecule has 104 valence electrons. The molecule has 0 aliphatic rings. The molecule has 0 radical (unpaired) electrons. The fourth-order valence-corrected chi connectivity index (χ4v) is 5.08. The third-order valence-corrected chi connectivity index (χ3v) is 7.01. The van der Waals surface area contributed by atoms with Crippen LogP contribution >= 0.6 is 34.3 Å². The Kier molecular flexibility index (Phi) is 4.65. The zero-order valence-corrected chi connectivity index (χ0v) is 13.2. The van der Waals surface area contributed by atoms with Crippen LogP contribution in [0.25, 0.3) is 0 Å². The maximum atomic E-state index is 12.2. The van der Waals surface area contributed by atoms with Crippen LogP contribution in [0.1, 0.15) is 11.0 Å². The monoisotopic (exact) mass is 337 g/mol. The highest BCUT2D eigenvalue weighted by Gasteiger charge is 2.25. The lowest BCUT2D eigenvalue weighted by Crippen LogP contribution is -2.30. The third-order valence-electron chi connectivity index (χ3n) is 2.51. The molecule has 1 unspecified atom stereocenters. The molecule has 2 aromatic rings. The first-order valence-corrected chi connectivity index (χ1v) is 8.86. The second-order valence-corrected chi connectivity index (χ2v) is 8.84. The van der Waals surface area contributed by atoms with Crippen LogP contribution in [0.3, 0.4) is 0 Å². The van der Waals surface area contributed by atoms with Gasteiger partial charge in [0.15, 0.2) is 0 Å². The van der Waals surface area contributed by atoms with Gasteiger partial charge in [0.2, 0.25) is 0 Å². The van der Waals surface area contributed by atoms with Crippen molar-refractivity contribution >= 4 is 44.3 Å². The van der Waals surface area contributed by atoms with Crippen molar-refractivity contribution < 1.29 is 13.5 Å². The molecule has 0 aliphatic heterocycles. The van der Waals surface area contributed by atoms with Gasteiger partial charge in [-0.15, -0.1) is 22.7 Å². The molecule has 0 aliphatic carbocycles.